The lowest BCUT2D eigenvalue weighted by atomic mass is 10.1. The summed E-state index contributed by atoms with van der Waals surface area (Å²) < 4.78 is 13.1. The normalized spacial score (nSPS) is 12.9. The van der Waals surface area contributed by atoms with Crippen LogP contribution in [-0.4, -0.2) is 16.3 Å². The Balaban J connectivity index is 3.12. The number of rotatable bonds is 3. The minimum absolute atomic E-state index is 0.129. The number of alkyl halides is 1. The molecule has 74 valence electrons. The molecule has 0 amide bonds. The smallest absolute Gasteiger partial charge is 0.275 e. The van der Waals surface area contributed by atoms with Crippen molar-refractivity contribution in [3.05, 3.63) is 39.9 Å². The summed E-state index contributed by atoms with van der Waals surface area (Å²) in [6.45, 7) is 0. The second-order valence-electron chi connectivity index (χ2n) is 2.48. The van der Waals surface area contributed by atoms with Gasteiger partial charge < -0.3 is 5.21 Å². The largest absolute Gasteiger partial charge is 0.411 e. The van der Waals surface area contributed by atoms with Crippen molar-refractivity contribution in [1.82, 2.24) is 0 Å². The van der Waals surface area contributed by atoms with Gasteiger partial charge in [-0.15, -0.1) is 0 Å². The predicted octanol–water partition coefficient (Wildman–Crippen LogP) is 2.07. The van der Waals surface area contributed by atoms with Gasteiger partial charge in [0.05, 0.1) is 16.7 Å². The highest BCUT2D eigenvalue weighted by molar-refractivity contribution is 5.67. The lowest BCUT2D eigenvalue weighted by Gasteiger charge is -2.02. The summed E-state index contributed by atoms with van der Waals surface area (Å²) in [5.41, 5.74) is -0.463. The van der Waals surface area contributed by atoms with Crippen LogP contribution < -0.4 is 0 Å². The number of halogens is 1. The summed E-state index contributed by atoms with van der Waals surface area (Å²) in [6.07, 6.45) is -1.19. The molecule has 1 aromatic rings. The Labute approximate surface area is 78.6 Å². The summed E-state index contributed by atoms with van der Waals surface area (Å²) >= 11 is 0. The van der Waals surface area contributed by atoms with E-state index < -0.39 is 11.1 Å². The third-order valence-corrected chi connectivity index (χ3v) is 1.63. The third-order valence-electron chi connectivity index (χ3n) is 1.63. The molecule has 0 spiro atoms. The number of para-hydroxylation sites is 1. The minimum atomic E-state index is -1.78. The van der Waals surface area contributed by atoms with E-state index in [4.69, 9.17) is 5.21 Å². The van der Waals surface area contributed by atoms with Crippen LogP contribution in [0.15, 0.2) is 29.4 Å². The van der Waals surface area contributed by atoms with E-state index in [2.05, 4.69) is 5.16 Å². The van der Waals surface area contributed by atoms with Crippen LogP contribution in [0.5, 0.6) is 0 Å². The zero-order valence-corrected chi connectivity index (χ0v) is 7.00. The number of hydrogen-bond donors (Lipinski definition) is 1. The summed E-state index contributed by atoms with van der Waals surface area (Å²) in [4.78, 5) is 9.77. The molecule has 0 aliphatic rings. The monoisotopic (exact) mass is 198 g/mol. The van der Waals surface area contributed by atoms with Gasteiger partial charge in [-0.3, -0.25) is 10.1 Å². The summed E-state index contributed by atoms with van der Waals surface area (Å²) in [5, 5.41) is 21.0. The number of hydrogen-bond acceptors (Lipinski definition) is 4. The zero-order valence-electron chi connectivity index (χ0n) is 7.00. The third kappa shape index (κ3) is 2.03. The lowest BCUT2D eigenvalue weighted by molar-refractivity contribution is -0.385. The van der Waals surface area contributed by atoms with Crippen LogP contribution in [0, 0.1) is 10.1 Å². The maximum atomic E-state index is 13.1. The van der Waals surface area contributed by atoms with Gasteiger partial charge in [-0.25, -0.2) is 4.39 Å². The molecule has 0 bridgehead atoms. The molecular weight excluding hydrogens is 191 g/mol. The van der Waals surface area contributed by atoms with Gasteiger partial charge in [0.1, 0.15) is 0 Å². The van der Waals surface area contributed by atoms with Crippen molar-refractivity contribution in [2.45, 2.75) is 6.17 Å². The molecule has 0 heterocycles. The molecule has 0 aliphatic carbocycles. The van der Waals surface area contributed by atoms with E-state index in [-0.39, 0.29) is 11.3 Å². The highest BCUT2D eigenvalue weighted by Crippen LogP contribution is 2.25. The fourth-order valence-electron chi connectivity index (χ4n) is 1.03. The molecule has 14 heavy (non-hydrogen) atoms. The highest BCUT2D eigenvalue weighted by atomic mass is 19.1. The van der Waals surface area contributed by atoms with Crippen LogP contribution in [0.2, 0.25) is 0 Å². The van der Waals surface area contributed by atoms with Gasteiger partial charge in [0.15, 0.2) is 6.17 Å². The second kappa shape index (κ2) is 4.31. The Morgan fingerprint density at radius 1 is 1.57 bits per heavy atom. The van der Waals surface area contributed by atoms with Crippen LogP contribution >= 0.6 is 0 Å². The van der Waals surface area contributed by atoms with Crippen molar-refractivity contribution in [3.63, 3.8) is 0 Å². The van der Waals surface area contributed by atoms with Crippen LogP contribution in [-0.2, 0) is 0 Å². The van der Waals surface area contributed by atoms with Gasteiger partial charge in [-0.05, 0) is 6.07 Å². The van der Waals surface area contributed by atoms with Gasteiger partial charge in [-0.1, -0.05) is 17.3 Å². The second-order valence-corrected chi connectivity index (χ2v) is 2.48. The van der Waals surface area contributed by atoms with E-state index >= 15 is 0 Å². The summed E-state index contributed by atoms with van der Waals surface area (Å²) in [5.74, 6) is 0. The van der Waals surface area contributed by atoms with E-state index in [0.717, 1.165) is 0 Å². The Morgan fingerprint density at radius 3 is 2.79 bits per heavy atom. The van der Waals surface area contributed by atoms with Crippen LogP contribution in [0.3, 0.4) is 0 Å². The lowest BCUT2D eigenvalue weighted by Crippen LogP contribution is -1.99. The van der Waals surface area contributed by atoms with Gasteiger partial charge in [-0.2, -0.15) is 0 Å². The molecule has 1 aromatic carbocycles. The molecule has 5 nitrogen and oxygen atoms in total. The standard InChI is InChI=1S/C8H7FN2O3/c9-7(5-10-12)6-3-1-2-4-8(6)11(13)14/h1-5,7,12H. The molecule has 1 rings (SSSR count). The van der Waals surface area contributed by atoms with E-state index in [9.17, 15) is 14.5 Å². The van der Waals surface area contributed by atoms with Crippen molar-refractivity contribution in [2.24, 2.45) is 5.16 Å². The van der Waals surface area contributed by atoms with Gasteiger partial charge in [0.2, 0.25) is 0 Å². The predicted molar refractivity (Wildman–Crippen MR) is 47.2 cm³/mol. The van der Waals surface area contributed by atoms with Crippen molar-refractivity contribution in [3.8, 4) is 0 Å². The first-order valence-corrected chi connectivity index (χ1v) is 3.71. The zero-order chi connectivity index (χ0) is 10.6. The Hall–Kier alpha value is -1.98. The van der Waals surface area contributed by atoms with E-state index in [1.165, 1.54) is 24.3 Å². The van der Waals surface area contributed by atoms with Gasteiger partial charge in [0.25, 0.3) is 5.69 Å². The fourth-order valence-corrected chi connectivity index (χ4v) is 1.03. The Morgan fingerprint density at radius 2 is 2.21 bits per heavy atom. The highest BCUT2D eigenvalue weighted by Gasteiger charge is 2.19. The summed E-state index contributed by atoms with van der Waals surface area (Å²) in [7, 11) is 0. The molecule has 6 heteroatoms. The number of oxime groups is 1. The Bertz CT molecular complexity index is 367. The number of benzene rings is 1. The average Bonchev–Trinajstić information content (AvgIpc) is 2.18. The first kappa shape index (κ1) is 10.1. The van der Waals surface area contributed by atoms with Crippen LogP contribution in [0.4, 0.5) is 10.1 Å². The molecule has 0 saturated carbocycles. The minimum Gasteiger partial charge on any atom is -0.411 e. The van der Waals surface area contributed by atoms with Gasteiger partial charge in [0, 0.05) is 6.07 Å². The summed E-state index contributed by atoms with van der Waals surface area (Å²) in [6, 6.07) is 5.36. The first-order valence-electron chi connectivity index (χ1n) is 3.71. The molecule has 0 aromatic heterocycles. The maximum absolute atomic E-state index is 13.1. The van der Waals surface area contributed by atoms with Crippen molar-refractivity contribution < 1.29 is 14.5 Å². The van der Waals surface area contributed by atoms with Crippen molar-refractivity contribution in [2.75, 3.05) is 0 Å². The average molecular weight is 198 g/mol. The maximum Gasteiger partial charge on any atom is 0.275 e. The van der Waals surface area contributed by atoms with Crippen molar-refractivity contribution >= 4 is 11.9 Å². The SMILES string of the molecule is O=[N+]([O-])c1ccccc1C(F)C=NO. The molecule has 0 radical (unpaired) electrons. The van der Waals surface area contributed by atoms with E-state index in [0.29, 0.717) is 6.21 Å². The molecule has 0 aliphatic heterocycles. The fraction of sp³-hybridized carbons (Fsp3) is 0.125. The quantitative estimate of drug-likeness (QED) is 0.349. The Kier molecular flexibility index (Phi) is 3.11. The van der Waals surface area contributed by atoms with Gasteiger partial charge >= 0.3 is 0 Å². The number of nitrogens with zero attached hydrogens (tertiary/aromatic N) is 2. The topological polar surface area (TPSA) is 75.7 Å². The van der Waals surface area contributed by atoms with Crippen LogP contribution in [0.25, 0.3) is 0 Å². The number of nitro benzene ring substituents is 1. The van der Waals surface area contributed by atoms with E-state index in [1.54, 1.807) is 0 Å². The van der Waals surface area contributed by atoms with E-state index in [1.807, 2.05) is 0 Å². The molecule has 1 atom stereocenters. The number of nitro groups is 1. The first-order chi connectivity index (χ1) is 6.66. The molecular formula is C8H7FN2O3. The van der Waals surface area contributed by atoms with Crippen LogP contribution in [0.1, 0.15) is 11.7 Å². The molecule has 1 unspecified atom stereocenters. The molecule has 1 N–H and O–H groups in total. The molecule has 0 saturated heterocycles. The molecule has 0 fully saturated rings. The van der Waals surface area contributed by atoms with Crippen molar-refractivity contribution in [1.29, 1.82) is 0 Å².